The normalized spacial score (nSPS) is 16.3. The van der Waals surface area contributed by atoms with E-state index in [1.165, 1.54) is 35.1 Å². The smallest absolute Gasteiger partial charge is 0.0215 e. The average Bonchev–Trinajstić information content (AvgIpc) is 2.98. The van der Waals surface area contributed by atoms with E-state index in [-0.39, 0.29) is 0 Å². The molecule has 1 nitrogen and oxygen atoms in total. The highest BCUT2D eigenvalue weighted by atomic mass is 15.0. The summed E-state index contributed by atoms with van der Waals surface area (Å²) in [5, 5.41) is 3.74. The zero-order valence-electron chi connectivity index (χ0n) is 11.9. The molecule has 94 valence electrons. The summed E-state index contributed by atoms with van der Waals surface area (Å²) in [7, 11) is 0. The maximum atomic E-state index is 3.74. The Kier molecular flexibility index (Phi) is 3.31. The van der Waals surface area contributed by atoms with Crippen molar-refractivity contribution in [3.05, 3.63) is 34.4 Å². The molecule has 1 fully saturated rings. The highest BCUT2D eigenvalue weighted by Gasteiger charge is 2.37. The van der Waals surface area contributed by atoms with Gasteiger partial charge >= 0.3 is 0 Å². The first kappa shape index (κ1) is 12.6. The van der Waals surface area contributed by atoms with Crippen LogP contribution in [0.4, 0.5) is 0 Å². The molecule has 17 heavy (non-hydrogen) atoms. The third kappa shape index (κ3) is 2.90. The Balaban J connectivity index is 2.08. The van der Waals surface area contributed by atoms with Gasteiger partial charge in [-0.15, -0.1) is 0 Å². The number of hydrogen-bond acceptors (Lipinski definition) is 1. The standard InChI is InChI=1S/C16H25N/c1-11-8-12(2)15(13(3)9-11)10-17-16(4,5)14-6-7-14/h8-9,14,17H,6-7,10H2,1-5H3. The fourth-order valence-electron chi connectivity index (χ4n) is 2.75. The van der Waals surface area contributed by atoms with Gasteiger partial charge in [0.15, 0.2) is 0 Å². The van der Waals surface area contributed by atoms with Crippen molar-refractivity contribution in [1.82, 2.24) is 5.32 Å². The minimum absolute atomic E-state index is 0.295. The molecule has 0 amide bonds. The van der Waals surface area contributed by atoms with E-state index in [2.05, 4.69) is 52.1 Å². The van der Waals surface area contributed by atoms with Gasteiger partial charge in [-0.05, 0) is 70.1 Å². The molecular formula is C16H25N. The number of aryl methyl sites for hydroxylation is 3. The van der Waals surface area contributed by atoms with Crippen molar-refractivity contribution in [2.45, 2.75) is 59.5 Å². The minimum atomic E-state index is 0.295. The molecule has 1 aromatic carbocycles. The minimum Gasteiger partial charge on any atom is -0.307 e. The molecule has 0 unspecified atom stereocenters. The lowest BCUT2D eigenvalue weighted by molar-refractivity contribution is 0.339. The van der Waals surface area contributed by atoms with E-state index in [9.17, 15) is 0 Å². The topological polar surface area (TPSA) is 12.0 Å². The Hall–Kier alpha value is -0.820. The molecule has 1 heteroatoms. The number of benzene rings is 1. The van der Waals surface area contributed by atoms with Gasteiger partial charge in [0.2, 0.25) is 0 Å². The lowest BCUT2D eigenvalue weighted by atomic mass is 9.95. The van der Waals surface area contributed by atoms with Gasteiger partial charge in [-0.25, -0.2) is 0 Å². The van der Waals surface area contributed by atoms with E-state index >= 15 is 0 Å². The molecule has 1 saturated carbocycles. The van der Waals surface area contributed by atoms with Crippen LogP contribution in [0.1, 0.15) is 48.9 Å². The first-order valence-corrected chi connectivity index (χ1v) is 6.72. The van der Waals surface area contributed by atoms with Gasteiger partial charge in [-0.2, -0.15) is 0 Å². The third-order valence-electron chi connectivity index (χ3n) is 4.16. The molecule has 1 N–H and O–H groups in total. The zero-order chi connectivity index (χ0) is 12.6. The molecule has 0 radical (unpaired) electrons. The summed E-state index contributed by atoms with van der Waals surface area (Å²) in [6.45, 7) is 12.3. The molecule has 0 atom stereocenters. The maximum absolute atomic E-state index is 3.74. The number of nitrogens with one attached hydrogen (secondary N) is 1. The molecule has 0 aromatic heterocycles. The van der Waals surface area contributed by atoms with Gasteiger partial charge in [-0.3, -0.25) is 0 Å². The molecular weight excluding hydrogens is 206 g/mol. The SMILES string of the molecule is Cc1cc(C)c(CNC(C)(C)C2CC2)c(C)c1. The fourth-order valence-corrected chi connectivity index (χ4v) is 2.75. The van der Waals surface area contributed by atoms with Crippen LogP contribution in [0.5, 0.6) is 0 Å². The van der Waals surface area contributed by atoms with E-state index < -0.39 is 0 Å². The third-order valence-corrected chi connectivity index (χ3v) is 4.16. The lowest BCUT2D eigenvalue weighted by Gasteiger charge is -2.27. The van der Waals surface area contributed by atoms with Crippen molar-refractivity contribution in [1.29, 1.82) is 0 Å². The van der Waals surface area contributed by atoms with E-state index in [4.69, 9.17) is 0 Å². The monoisotopic (exact) mass is 231 g/mol. The fraction of sp³-hybridized carbons (Fsp3) is 0.625. The van der Waals surface area contributed by atoms with Crippen LogP contribution in [0.25, 0.3) is 0 Å². The second-order valence-electron chi connectivity index (χ2n) is 6.23. The number of hydrogen-bond donors (Lipinski definition) is 1. The second-order valence-corrected chi connectivity index (χ2v) is 6.23. The van der Waals surface area contributed by atoms with Gasteiger partial charge in [0.05, 0.1) is 0 Å². The van der Waals surface area contributed by atoms with Crippen LogP contribution in [0.15, 0.2) is 12.1 Å². The van der Waals surface area contributed by atoms with Gasteiger partial charge in [-0.1, -0.05) is 17.7 Å². The van der Waals surface area contributed by atoms with Crippen LogP contribution in [0.2, 0.25) is 0 Å². The van der Waals surface area contributed by atoms with E-state index in [0.717, 1.165) is 12.5 Å². The van der Waals surface area contributed by atoms with Crippen molar-refractivity contribution in [2.24, 2.45) is 5.92 Å². The van der Waals surface area contributed by atoms with Gasteiger partial charge in [0.25, 0.3) is 0 Å². The number of rotatable bonds is 4. The molecule has 0 bridgehead atoms. The van der Waals surface area contributed by atoms with E-state index in [1.54, 1.807) is 0 Å². The molecule has 0 aliphatic heterocycles. The Bertz CT molecular complexity index is 391. The van der Waals surface area contributed by atoms with Crippen molar-refractivity contribution in [2.75, 3.05) is 0 Å². The van der Waals surface area contributed by atoms with E-state index in [1.807, 2.05) is 0 Å². The molecule has 1 aromatic rings. The molecule has 0 heterocycles. The van der Waals surface area contributed by atoms with Crippen LogP contribution < -0.4 is 5.32 Å². The summed E-state index contributed by atoms with van der Waals surface area (Å²) in [4.78, 5) is 0. The Morgan fingerprint density at radius 1 is 1.12 bits per heavy atom. The summed E-state index contributed by atoms with van der Waals surface area (Å²) in [5.41, 5.74) is 5.97. The van der Waals surface area contributed by atoms with Gasteiger partial charge < -0.3 is 5.32 Å². The van der Waals surface area contributed by atoms with Crippen molar-refractivity contribution < 1.29 is 0 Å². The highest BCUT2D eigenvalue weighted by Crippen LogP contribution is 2.39. The maximum Gasteiger partial charge on any atom is 0.0215 e. The predicted molar refractivity (Wildman–Crippen MR) is 74.3 cm³/mol. The second kappa shape index (κ2) is 4.45. The predicted octanol–water partition coefficient (Wildman–Crippen LogP) is 3.89. The van der Waals surface area contributed by atoms with Gasteiger partial charge in [0, 0.05) is 12.1 Å². The average molecular weight is 231 g/mol. The largest absolute Gasteiger partial charge is 0.307 e. The molecule has 0 saturated heterocycles. The summed E-state index contributed by atoms with van der Waals surface area (Å²) < 4.78 is 0. The quantitative estimate of drug-likeness (QED) is 0.829. The first-order valence-electron chi connectivity index (χ1n) is 6.72. The Labute approximate surface area is 106 Å². The molecule has 1 aliphatic rings. The van der Waals surface area contributed by atoms with Crippen LogP contribution in [0, 0.1) is 26.7 Å². The molecule has 0 spiro atoms. The zero-order valence-corrected chi connectivity index (χ0v) is 11.9. The highest BCUT2D eigenvalue weighted by molar-refractivity contribution is 5.37. The molecule has 1 aliphatic carbocycles. The first-order chi connectivity index (χ1) is 7.90. The van der Waals surface area contributed by atoms with Crippen LogP contribution in [0.3, 0.4) is 0 Å². The van der Waals surface area contributed by atoms with Crippen LogP contribution in [-0.4, -0.2) is 5.54 Å². The lowest BCUT2D eigenvalue weighted by Crippen LogP contribution is -2.41. The summed E-state index contributed by atoms with van der Waals surface area (Å²) >= 11 is 0. The Morgan fingerprint density at radius 3 is 2.12 bits per heavy atom. The van der Waals surface area contributed by atoms with Crippen LogP contribution in [-0.2, 0) is 6.54 Å². The van der Waals surface area contributed by atoms with Crippen molar-refractivity contribution in [3.63, 3.8) is 0 Å². The summed E-state index contributed by atoms with van der Waals surface area (Å²) in [6, 6.07) is 4.57. The van der Waals surface area contributed by atoms with Gasteiger partial charge in [0.1, 0.15) is 0 Å². The van der Waals surface area contributed by atoms with Crippen LogP contribution >= 0.6 is 0 Å². The molecule has 2 rings (SSSR count). The summed E-state index contributed by atoms with van der Waals surface area (Å²) in [5.74, 6) is 0.883. The summed E-state index contributed by atoms with van der Waals surface area (Å²) in [6.07, 6.45) is 2.79. The Morgan fingerprint density at radius 2 is 1.65 bits per heavy atom. The van der Waals surface area contributed by atoms with Crippen molar-refractivity contribution >= 4 is 0 Å². The van der Waals surface area contributed by atoms with E-state index in [0.29, 0.717) is 5.54 Å². The van der Waals surface area contributed by atoms with Crippen molar-refractivity contribution in [3.8, 4) is 0 Å².